The van der Waals surface area contributed by atoms with Crippen molar-refractivity contribution in [3.8, 4) is 23.0 Å². The maximum absolute atomic E-state index is 13.0. The molecule has 0 aliphatic heterocycles. The van der Waals surface area contributed by atoms with Gasteiger partial charge in [0, 0.05) is 16.2 Å². The van der Waals surface area contributed by atoms with Gasteiger partial charge >= 0.3 is 0 Å². The molecule has 0 saturated heterocycles. The van der Waals surface area contributed by atoms with Gasteiger partial charge in [0.2, 0.25) is 5.89 Å². The van der Waals surface area contributed by atoms with Crippen LogP contribution < -0.4 is 14.8 Å². The molecule has 0 unspecified atom stereocenters. The molecule has 0 radical (unpaired) electrons. The lowest BCUT2D eigenvalue weighted by molar-refractivity contribution is 0.102. The second-order valence-corrected chi connectivity index (χ2v) is 7.43. The molecule has 7 nitrogen and oxygen atoms in total. The van der Waals surface area contributed by atoms with Crippen molar-refractivity contribution in [2.24, 2.45) is 0 Å². The molecule has 2 aromatic heterocycles. The topological polar surface area (TPSA) is 86.5 Å². The van der Waals surface area contributed by atoms with Crippen LogP contribution in [0.25, 0.3) is 22.7 Å². The van der Waals surface area contributed by atoms with Crippen molar-refractivity contribution in [1.29, 1.82) is 0 Å². The summed E-state index contributed by atoms with van der Waals surface area (Å²) in [6, 6.07) is 12.5. The van der Waals surface area contributed by atoms with Crippen molar-refractivity contribution < 1.29 is 18.7 Å². The van der Waals surface area contributed by atoms with Gasteiger partial charge in [0.05, 0.1) is 25.5 Å². The van der Waals surface area contributed by atoms with Crippen molar-refractivity contribution in [1.82, 2.24) is 9.97 Å². The quantitative estimate of drug-likeness (QED) is 0.432. The number of ether oxygens (including phenoxy) is 2. The first-order valence-corrected chi connectivity index (χ1v) is 9.85. The van der Waals surface area contributed by atoms with E-state index in [9.17, 15) is 4.79 Å². The number of halogens is 1. The summed E-state index contributed by atoms with van der Waals surface area (Å²) in [6.45, 7) is 1.88. The third kappa shape index (κ3) is 3.73. The average molecular weight is 468 g/mol. The average Bonchev–Trinajstić information content (AvgIpc) is 3.17. The second kappa shape index (κ2) is 8.16. The number of oxazole rings is 1. The highest BCUT2D eigenvalue weighted by Crippen LogP contribution is 2.33. The Balaban J connectivity index is 1.72. The number of carbonyl (C=O) groups is 1. The summed E-state index contributed by atoms with van der Waals surface area (Å²) in [6.07, 6.45) is 1.65. The maximum Gasteiger partial charge on any atom is 0.259 e. The molecule has 4 rings (SSSR count). The Morgan fingerprint density at radius 2 is 1.97 bits per heavy atom. The monoisotopic (exact) mass is 467 g/mol. The van der Waals surface area contributed by atoms with E-state index in [1.165, 1.54) is 14.2 Å². The van der Waals surface area contributed by atoms with Crippen molar-refractivity contribution >= 4 is 38.8 Å². The van der Waals surface area contributed by atoms with E-state index in [2.05, 4.69) is 31.2 Å². The standard InChI is InChI=1S/C22H18BrN3O4/c1-12-9-14(23)11-15(19(12)29-3)21(27)25-16-10-13(6-7-17(16)28-2)22-26-20-18(30-22)5-4-8-24-20/h4-11H,1-3H3,(H,25,27). The van der Waals surface area contributed by atoms with Crippen LogP contribution in [0, 0.1) is 6.92 Å². The minimum Gasteiger partial charge on any atom is -0.496 e. The first-order chi connectivity index (χ1) is 14.5. The Morgan fingerprint density at radius 1 is 1.13 bits per heavy atom. The third-order valence-electron chi connectivity index (χ3n) is 4.55. The van der Waals surface area contributed by atoms with Crippen LogP contribution in [-0.4, -0.2) is 30.1 Å². The maximum atomic E-state index is 13.0. The summed E-state index contributed by atoms with van der Waals surface area (Å²) >= 11 is 3.43. The molecular formula is C22H18BrN3O4. The van der Waals surface area contributed by atoms with Gasteiger partial charge in [-0.3, -0.25) is 4.79 Å². The van der Waals surface area contributed by atoms with Crippen LogP contribution in [0.3, 0.4) is 0 Å². The highest BCUT2D eigenvalue weighted by atomic mass is 79.9. The number of nitrogens with one attached hydrogen (secondary N) is 1. The highest BCUT2D eigenvalue weighted by molar-refractivity contribution is 9.10. The van der Waals surface area contributed by atoms with Gasteiger partial charge < -0.3 is 19.2 Å². The number of nitrogens with zero attached hydrogens (tertiary/aromatic N) is 2. The molecule has 8 heteroatoms. The van der Waals surface area contributed by atoms with Crippen LogP contribution in [0.1, 0.15) is 15.9 Å². The summed E-state index contributed by atoms with van der Waals surface area (Å²) < 4.78 is 17.4. The lowest BCUT2D eigenvalue weighted by Gasteiger charge is -2.14. The molecule has 1 N–H and O–H groups in total. The Labute approximate surface area is 181 Å². The smallest absolute Gasteiger partial charge is 0.259 e. The van der Waals surface area contributed by atoms with Crippen molar-refractivity contribution in [3.63, 3.8) is 0 Å². The predicted molar refractivity (Wildman–Crippen MR) is 117 cm³/mol. The molecule has 0 aliphatic carbocycles. The number of benzene rings is 2. The Bertz CT molecular complexity index is 1220. The summed E-state index contributed by atoms with van der Waals surface area (Å²) in [5.74, 6) is 1.09. The number of carbonyl (C=O) groups excluding carboxylic acids is 1. The van der Waals surface area contributed by atoms with Crippen LogP contribution in [0.15, 0.2) is 57.6 Å². The van der Waals surface area contributed by atoms with Crippen LogP contribution in [0.5, 0.6) is 11.5 Å². The first kappa shape index (κ1) is 19.9. The molecule has 0 fully saturated rings. The number of hydrogen-bond donors (Lipinski definition) is 1. The number of methoxy groups -OCH3 is 2. The second-order valence-electron chi connectivity index (χ2n) is 6.52. The SMILES string of the molecule is COc1ccc(-c2nc3ncccc3o2)cc1NC(=O)c1cc(Br)cc(C)c1OC. The normalized spacial score (nSPS) is 10.8. The Morgan fingerprint density at radius 3 is 2.70 bits per heavy atom. The van der Waals surface area contributed by atoms with Crippen LogP contribution in [-0.2, 0) is 0 Å². The molecule has 0 bridgehead atoms. The Hall–Kier alpha value is -3.39. The van der Waals surface area contributed by atoms with Crippen molar-refractivity contribution in [2.75, 3.05) is 19.5 Å². The summed E-state index contributed by atoms with van der Waals surface area (Å²) in [5.41, 5.74) is 3.52. The number of aromatic nitrogens is 2. The van der Waals surface area contributed by atoms with E-state index in [1.54, 1.807) is 36.5 Å². The van der Waals surface area contributed by atoms with Crippen LogP contribution >= 0.6 is 15.9 Å². The van der Waals surface area contributed by atoms with Crippen LogP contribution in [0.2, 0.25) is 0 Å². The minimum absolute atomic E-state index is 0.328. The molecule has 30 heavy (non-hydrogen) atoms. The molecule has 0 spiro atoms. The molecule has 0 saturated carbocycles. The number of fused-ring (bicyclic) bond motifs is 1. The van der Waals surface area contributed by atoms with E-state index in [4.69, 9.17) is 13.9 Å². The van der Waals surface area contributed by atoms with E-state index < -0.39 is 0 Å². The van der Waals surface area contributed by atoms with Gasteiger partial charge in [-0.05, 0) is 55.0 Å². The van der Waals surface area contributed by atoms with Crippen molar-refractivity contribution in [3.05, 3.63) is 64.3 Å². The van der Waals surface area contributed by atoms with Gasteiger partial charge in [0.1, 0.15) is 11.5 Å². The fourth-order valence-electron chi connectivity index (χ4n) is 3.19. The van der Waals surface area contributed by atoms with Gasteiger partial charge in [0.15, 0.2) is 11.2 Å². The number of pyridine rings is 1. The molecule has 4 aromatic rings. The fourth-order valence-corrected chi connectivity index (χ4v) is 3.76. The number of aryl methyl sites for hydroxylation is 1. The molecule has 2 heterocycles. The first-order valence-electron chi connectivity index (χ1n) is 9.05. The molecule has 0 aliphatic rings. The lowest BCUT2D eigenvalue weighted by atomic mass is 10.1. The van der Waals surface area contributed by atoms with E-state index in [1.807, 2.05) is 19.1 Å². The lowest BCUT2D eigenvalue weighted by Crippen LogP contribution is -2.14. The zero-order chi connectivity index (χ0) is 21.3. The van der Waals surface area contributed by atoms with Crippen LogP contribution in [0.4, 0.5) is 5.69 Å². The van der Waals surface area contributed by atoms with Gasteiger partial charge in [-0.2, -0.15) is 4.98 Å². The number of anilines is 1. The molecule has 152 valence electrons. The molecule has 2 aromatic carbocycles. The van der Waals surface area contributed by atoms with E-state index >= 15 is 0 Å². The summed E-state index contributed by atoms with van der Waals surface area (Å²) in [4.78, 5) is 21.6. The third-order valence-corrected chi connectivity index (χ3v) is 5.01. The fraction of sp³-hybridized carbons (Fsp3) is 0.136. The zero-order valence-corrected chi connectivity index (χ0v) is 18.1. The van der Waals surface area contributed by atoms with Gasteiger partial charge in [0.25, 0.3) is 5.91 Å². The highest BCUT2D eigenvalue weighted by Gasteiger charge is 2.19. The number of rotatable bonds is 5. The molecule has 0 atom stereocenters. The molecule has 1 amide bonds. The number of amides is 1. The predicted octanol–water partition coefficient (Wildman–Crippen LogP) is 5.23. The van der Waals surface area contributed by atoms with Crippen molar-refractivity contribution in [2.45, 2.75) is 6.92 Å². The zero-order valence-electron chi connectivity index (χ0n) is 16.5. The minimum atomic E-state index is -0.328. The van der Waals surface area contributed by atoms with E-state index in [0.717, 1.165) is 10.0 Å². The largest absolute Gasteiger partial charge is 0.496 e. The van der Waals surface area contributed by atoms with Gasteiger partial charge in [-0.1, -0.05) is 15.9 Å². The summed E-state index contributed by atoms with van der Waals surface area (Å²) in [7, 11) is 3.08. The van der Waals surface area contributed by atoms with E-state index in [0.29, 0.717) is 45.4 Å². The summed E-state index contributed by atoms with van der Waals surface area (Å²) in [5, 5.41) is 2.90. The van der Waals surface area contributed by atoms with Gasteiger partial charge in [-0.25, -0.2) is 4.98 Å². The van der Waals surface area contributed by atoms with Gasteiger partial charge in [-0.15, -0.1) is 0 Å². The van der Waals surface area contributed by atoms with E-state index in [-0.39, 0.29) is 5.91 Å². The Kier molecular flexibility index (Phi) is 5.41. The number of hydrogen-bond acceptors (Lipinski definition) is 6. The molecular weight excluding hydrogens is 450 g/mol.